The second kappa shape index (κ2) is 8.58. The van der Waals surface area contributed by atoms with Crippen LogP contribution in [0.3, 0.4) is 0 Å². The Morgan fingerprint density at radius 2 is 1.69 bits per heavy atom. The number of halogens is 2. The van der Waals surface area contributed by atoms with Crippen molar-refractivity contribution in [1.29, 1.82) is 0 Å². The number of aromatic amines is 2. The molecule has 6 aromatic rings. The topological polar surface area (TPSA) is 99.3 Å². The minimum atomic E-state index is -0.516. The Balaban J connectivity index is 1.48. The summed E-state index contributed by atoms with van der Waals surface area (Å²) in [6.45, 7) is 0.672. The number of hydrogen-bond acceptors (Lipinski definition) is 6. The van der Waals surface area contributed by atoms with Crippen molar-refractivity contribution in [2.24, 2.45) is 0 Å². The van der Waals surface area contributed by atoms with Crippen LogP contribution in [0.15, 0.2) is 61.2 Å². The summed E-state index contributed by atoms with van der Waals surface area (Å²) in [5, 5.41) is 7.46. The van der Waals surface area contributed by atoms with E-state index in [4.69, 9.17) is 4.98 Å². The zero-order valence-electron chi connectivity index (χ0n) is 19.4. The molecule has 0 fully saturated rings. The average Bonchev–Trinajstić information content (AvgIpc) is 3.49. The lowest BCUT2D eigenvalue weighted by Crippen LogP contribution is -2.10. The molecule has 0 aliphatic heterocycles. The van der Waals surface area contributed by atoms with Crippen molar-refractivity contribution in [3.63, 3.8) is 0 Å². The van der Waals surface area contributed by atoms with Crippen molar-refractivity contribution in [1.82, 2.24) is 40.0 Å². The quantitative estimate of drug-likeness (QED) is 0.360. The molecule has 0 saturated heterocycles. The van der Waals surface area contributed by atoms with Gasteiger partial charge in [-0.2, -0.15) is 5.10 Å². The third-order valence-electron chi connectivity index (χ3n) is 5.85. The van der Waals surface area contributed by atoms with E-state index in [1.165, 1.54) is 12.1 Å². The predicted molar refractivity (Wildman–Crippen MR) is 133 cm³/mol. The number of imidazole rings is 1. The number of pyridine rings is 3. The lowest BCUT2D eigenvalue weighted by molar-refractivity contribution is 0.402. The summed E-state index contributed by atoms with van der Waals surface area (Å²) in [5.41, 5.74) is 5.05. The molecule has 178 valence electrons. The van der Waals surface area contributed by atoms with Crippen LogP contribution >= 0.6 is 0 Å². The maximum absolute atomic E-state index is 15.9. The highest BCUT2D eigenvalue weighted by Gasteiger charge is 2.21. The normalized spacial score (nSPS) is 11.7. The van der Waals surface area contributed by atoms with E-state index in [0.29, 0.717) is 45.9 Å². The van der Waals surface area contributed by atoms with Gasteiger partial charge in [-0.15, -0.1) is 0 Å². The van der Waals surface area contributed by atoms with Gasteiger partial charge in [0.1, 0.15) is 22.7 Å². The van der Waals surface area contributed by atoms with E-state index < -0.39 is 5.82 Å². The van der Waals surface area contributed by atoms with Crippen LogP contribution in [0.5, 0.6) is 0 Å². The molecule has 5 heterocycles. The first-order chi connectivity index (χ1) is 17.5. The third kappa shape index (κ3) is 3.77. The molecule has 10 heteroatoms. The second-order valence-electron chi connectivity index (χ2n) is 8.75. The first kappa shape index (κ1) is 21.9. The van der Waals surface area contributed by atoms with Crippen molar-refractivity contribution < 1.29 is 8.78 Å². The molecule has 8 nitrogen and oxygen atoms in total. The van der Waals surface area contributed by atoms with E-state index in [9.17, 15) is 4.39 Å². The fourth-order valence-electron chi connectivity index (χ4n) is 4.28. The standard InChI is InChI=1S/C26H20F2N8/c1-36(2)13-14-9-16(11-29-10-14)22-21(28)20-19(12-31-22)34-35-25(20)26-32-18-7-8-30-23(24(18)33-26)15-3-5-17(27)6-4-15/h3-12H,13H2,1-2H3,(H,32,33)(H,34,35). The summed E-state index contributed by atoms with van der Waals surface area (Å²) < 4.78 is 29.3. The fourth-order valence-corrected chi connectivity index (χ4v) is 4.28. The lowest BCUT2D eigenvalue weighted by Gasteiger charge is -2.10. The number of hydrogen-bond donors (Lipinski definition) is 2. The number of nitrogens with one attached hydrogen (secondary N) is 2. The van der Waals surface area contributed by atoms with Gasteiger partial charge in [0.15, 0.2) is 11.6 Å². The number of aromatic nitrogens is 7. The molecule has 0 aliphatic rings. The number of nitrogens with zero attached hydrogens (tertiary/aromatic N) is 6. The molecule has 1 aromatic carbocycles. The van der Waals surface area contributed by atoms with Crippen molar-refractivity contribution in [3.05, 3.63) is 78.4 Å². The van der Waals surface area contributed by atoms with Gasteiger partial charge in [0.25, 0.3) is 0 Å². The molecule has 2 N–H and O–H groups in total. The van der Waals surface area contributed by atoms with Gasteiger partial charge in [-0.1, -0.05) is 0 Å². The molecule has 0 saturated carbocycles. The number of benzene rings is 1. The maximum Gasteiger partial charge on any atom is 0.161 e. The molecule has 0 unspecified atom stereocenters. The van der Waals surface area contributed by atoms with E-state index >= 15 is 4.39 Å². The molecule has 5 aromatic heterocycles. The number of H-pyrrole nitrogens is 2. The summed E-state index contributed by atoms with van der Waals surface area (Å²) in [5.74, 6) is -0.473. The Morgan fingerprint density at radius 1 is 0.861 bits per heavy atom. The van der Waals surface area contributed by atoms with Gasteiger partial charge in [-0.3, -0.25) is 20.1 Å². The number of rotatable bonds is 5. The minimum absolute atomic E-state index is 0.183. The van der Waals surface area contributed by atoms with Gasteiger partial charge in [0.05, 0.1) is 28.3 Å². The molecule has 0 aliphatic carbocycles. The van der Waals surface area contributed by atoms with Crippen LogP contribution in [0.1, 0.15) is 5.56 Å². The molecule has 6 rings (SSSR count). The molecular weight excluding hydrogens is 462 g/mol. The minimum Gasteiger partial charge on any atom is -0.336 e. The highest BCUT2D eigenvalue weighted by atomic mass is 19.1. The van der Waals surface area contributed by atoms with Crippen molar-refractivity contribution >= 4 is 21.9 Å². The molecule has 0 radical (unpaired) electrons. The Bertz CT molecular complexity index is 1720. The van der Waals surface area contributed by atoms with E-state index in [-0.39, 0.29) is 16.9 Å². The van der Waals surface area contributed by atoms with Crippen LogP contribution in [0, 0.1) is 11.6 Å². The summed E-state index contributed by atoms with van der Waals surface area (Å²) in [7, 11) is 3.92. The zero-order valence-corrected chi connectivity index (χ0v) is 19.4. The predicted octanol–water partition coefficient (Wildman–Crippen LogP) is 4.97. The van der Waals surface area contributed by atoms with Crippen molar-refractivity contribution in [2.75, 3.05) is 14.1 Å². The lowest BCUT2D eigenvalue weighted by atomic mass is 10.1. The summed E-state index contributed by atoms with van der Waals surface area (Å²) >= 11 is 0. The fraction of sp³-hybridized carbons (Fsp3) is 0.115. The number of fused-ring (bicyclic) bond motifs is 2. The Kier molecular flexibility index (Phi) is 5.23. The van der Waals surface area contributed by atoms with E-state index in [1.54, 1.807) is 43.0 Å². The molecule has 0 amide bonds. The molecule has 0 atom stereocenters. The van der Waals surface area contributed by atoms with Gasteiger partial charge in [-0.05, 0) is 56.1 Å². The molecular formula is C26H20F2N8. The summed E-state index contributed by atoms with van der Waals surface area (Å²) in [4.78, 5) is 23.0. The summed E-state index contributed by atoms with van der Waals surface area (Å²) in [6.07, 6.45) is 6.54. The average molecular weight is 482 g/mol. The van der Waals surface area contributed by atoms with Crippen LogP contribution in [0.4, 0.5) is 8.78 Å². The highest BCUT2D eigenvalue weighted by molar-refractivity contribution is 5.97. The van der Waals surface area contributed by atoms with E-state index in [0.717, 1.165) is 11.1 Å². The van der Waals surface area contributed by atoms with E-state index in [1.807, 2.05) is 25.1 Å². The van der Waals surface area contributed by atoms with Crippen LogP contribution < -0.4 is 0 Å². The largest absolute Gasteiger partial charge is 0.336 e. The van der Waals surface area contributed by atoms with Gasteiger partial charge >= 0.3 is 0 Å². The van der Waals surface area contributed by atoms with Gasteiger partial charge in [0.2, 0.25) is 0 Å². The van der Waals surface area contributed by atoms with Crippen LogP contribution in [0.2, 0.25) is 0 Å². The SMILES string of the molecule is CN(C)Cc1cncc(-c2ncc3[nH]nc(-c4nc5c(-c6ccc(F)cc6)nccc5[nH]4)c3c2F)c1. The Hall–Kier alpha value is -4.57. The third-order valence-corrected chi connectivity index (χ3v) is 5.85. The van der Waals surface area contributed by atoms with Gasteiger partial charge in [0, 0.05) is 36.3 Å². The Labute approximate surface area is 204 Å². The maximum atomic E-state index is 15.9. The van der Waals surface area contributed by atoms with E-state index in [2.05, 4.69) is 30.1 Å². The zero-order chi connectivity index (χ0) is 24.8. The Morgan fingerprint density at radius 3 is 2.50 bits per heavy atom. The smallest absolute Gasteiger partial charge is 0.161 e. The first-order valence-corrected chi connectivity index (χ1v) is 11.2. The van der Waals surface area contributed by atoms with Crippen LogP contribution in [0.25, 0.3) is 56.0 Å². The van der Waals surface area contributed by atoms with Crippen molar-refractivity contribution in [3.8, 4) is 34.0 Å². The van der Waals surface area contributed by atoms with Gasteiger partial charge < -0.3 is 9.88 Å². The van der Waals surface area contributed by atoms with Gasteiger partial charge in [-0.25, -0.2) is 13.8 Å². The monoisotopic (exact) mass is 482 g/mol. The molecule has 0 spiro atoms. The molecule has 0 bridgehead atoms. The molecule has 36 heavy (non-hydrogen) atoms. The van der Waals surface area contributed by atoms with Crippen molar-refractivity contribution in [2.45, 2.75) is 6.54 Å². The summed E-state index contributed by atoms with van der Waals surface area (Å²) in [6, 6.07) is 9.69. The highest BCUT2D eigenvalue weighted by Crippen LogP contribution is 2.34. The second-order valence-corrected chi connectivity index (χ2v) is 8.75. The van der Waals surface area contributed by atoms with Crippen LogP contribution in [-0.2, 0) is 6.54 Å². The first-order valence-electron chi connectivity index (χ1n) is 11.2. The van der Waals surface area contributed by atoms with Crippen LogP contribution in [-0.4, -0.2) is 54.1 Å².